The molecule has 78 valence electrons. The van der Waals surface area contributed by atoms with E-state index in [1.165, 1.54) is 0 Å². The molecule has 3 heterocycles. The molecule has 1 atom stereocenters. The van der Waals surface area contributed by atoms with E-state index in [9.17, 15) is 0 Å². The van der Waals surface area contributed by atoms with Gasteiger partial charge in [-0.05, 0) is 18.6 Å². The van der Waals surface area contributed by atoms with Gasteiger partial charge in [-0.25, -0.2) is 9.67 Å². The van der Waals surface area contributed by atoms with Gasteiger partial charge in [0.25, 0.3) is 0 Å². The Morgan fingerprint density at radius 1 is 1.53 bits per heavy atom. The number of hydrogen-bond donors (Lipinski definition) is 0. The number of hydrogen-bond acceptors (Lipinski definition) is 4. The third-order valence-electron chi connectivity index (χ3n) is 2.73. The highest BCUT2D eigenvalue weighted by atomic mass is 16.5. The number of ether oxygens (including phenoxy) is 1. The number of rotatable bonds is 2. The minimum Gasteiger partial charge on any atom is -0.381 e. The van der Waals surface area contributed by atoms with Gasteiger partial charge in [0.15, 0.2) is 5.65 Å². The maximum atomic E-state index is 5.34. The first kappa shape index (κ1) is 8.79. The summed E-state index contributed by atoms with van der Waals surface area (Å²) in [7, 11) is 0. The summed E-state index contributed by atoms with van der Waals surface area (Å²) < 4.78 is 7.21. The topological polar surface area (TPSA) is 52.8 Å². The molecule has 0 radical (unpaired) electrons. The summed E-state index contributed by atoms with van der Waals surface area (Å²) in [6.45, 7) is 2.55. The van der Waals surface area contributed by atoms with Crippen molar-refractivity contribution >= 4 is 11.2 Å². The third-order valence-corrected chi connectivity index (χ3v) is 2.73. The summed E-state index contributed by atoms with van der Waals surface area (Å²) >= 11 is 0. The molecule has 0 aromatic carbocycles. The van der Waals surface area contributed by atoms with E-state index in [0.717, 1.165) is 37.3 Å². The first-order valence-corrected chi connectivity index (χ1v) is 5.15. The van der Waals surface area contributed by atoms with E-state index in [-0.39, 0.29) is 0 Å². The molecule has 0 spiro atoms. The van der Waals surface area contributed by atoms with Crippen molar-refractivity contribution in [2.45, 2.75) is 13.0 Å². The van der Waals surface area contributed by atoms with Crippen molar-refractivity contribution in [3.05, 3.63) is 18.3 Å². The molecule has 5 heteroatoms. The van der Waals surface area contributed by atoms with Gasteiger partial charge in [-0.3, -0.25) is 0 Å². The largest absolute Gasteiger partial charge is 0.381 e. The van der Waals surface area contributed by atoms with E-state index in [1.54, 1.807) is 6.20 Å². The van der Waals surface area contributed by atoms with Gasteiger partial charge in [-0.15, -0.1) is 5.10 Å². The minimum atomic E-state index is 0.553. The molecule has 1 fully saturated rings. The lowest BCUT2D eigenvalue weighted by atomic mass is 10.1. The van der Waals surface area contributed by atoms with Gasteiger partial charge in [0.1, 0.15) is 5.52 Å². The molecular weight excluding hydrogens is 192 g/mol. The number of nitrogens with zero attached hydrogens (tertiary/aromatic N) is 4. The van der Waals surface area contributed by atoms with Gasteiger partial charge >= 0.3 is 0 Å². The van der Waals surface area contributed by atoms with Crippen LogP contribution in [-0.4, -0.2) is 33.2 Å². The Morgan fingerprint density at radius 3 is 3.40 bits per heavy atom. The Bertz CT molecular complexity index is 461. The Labute approximate surface area is 87.1 Å². The van der Waals surface area contributed by atoms with Gasteiger partial charge in [0, 0.05) is 18.7 Å². The van der Waals surface area contributed by atoms with Crippen LogP contribution in [-0.2, 0) is 11.3 Å². The van der Waals surface area contributed by atoms with Gasteiger partial charge in [-0.1, -0.05) is 5.21 Å². The number of aromatic nitrogens is 4. The summed E-state index contributed by atoms with van der Waals surface area (Å²) in [5, 5.41) is 8.18. The summed E-state index contributed by atoms with van der Waals surface area (Å²) in [6.07, 6.45) is 2.88. The second-order valence-corrected chi connectivity index (χ2v) is 3.85. The lowest BCUT2D eigenvalue weighted by Crippen LogP contribution is -2.12. The van der Waals surface area contributed by atoms with Crippen molar-refractivity contribution in [1.82, 2.24) is 20.0 Å². The zero-order valence-electron chi connectivity index (χ0n) is 8.33. The van der Waals surface area contributed by atoms with Crippen LogP contribution in [0.15, 0.2) is 18.3 Å². The van der Waals surface area contributed by atoms with Crippen molar-refractivity contribution in [2.75, 3.05) is 13.2 Å². The highest BCUT2D eigenvalue weighted by Crippen LogP contribution is 2.16. The second kappa shape index (κ2) is 3.58. The molecule has 0 saturated carbocycles. The molecular formula is C10H12N4O. The van der Waals surface area contributed by atoms with Crippen LogP contribution in [0.2, 0.25) is 0 Å². The van der Waals surface area contributed by atoms with Crippen molar-refractivity contribution < 1.29 is 4.74 Å². The first-order valence-electron chi connectivity index (χ1n) is 5.15. The highest BCUT2D eigenvalue weighted by Gasteiger charge is 2.18. The SMILES string of the molecule is c1cnc2c(c1)nnn2CC1CCOC1. The summed E-state index contributed by atoms with van der Waals surface area (Å²) in [5.74, 6) is 0.553. The molecule has 1 aliphatic heterocycles. The fraction of sp³-hybridized carbons (Fsp3) is 0.500. The summed E-state index contributed by atoms with van der Waals surface area (Å²) in [4.78, 5) is 4.28. The molecule has 0 aliphatic carbocycles. The quantitative estimate of drug-likeness (QED) is 0.728. The van der Waals surface area contributed by atoms with Crippen molar-refractivity contribution in [3.8, 4) is 0 Å². The van der Waals surface area contributed by atoms with E-state index in [4.69, 9.17) is 4.74 Å². The fourth-order valence-corrected chi connectivity index (χ4v) is 1.90. The molecule has 0 bridgehead atoms. The number of fused-ring (bicyclic) bond motifs is 1. The van der Waals surface area contributed by atoms with Crippen molar-refractivity contribution in [1.29, 1.82) is 0 Å². The lowest BCUT2D eigenvalue weighted by molar-refractivity contribution is 0.181. The normalized spacial score (nSPS) is 21.2. The Morgan fingerprint density at radius 2 is 2.53 bits per heavy atom. The van der Waals surface area contributed by atoms with Gasteiger partial charge < -0.3 is 4.74 Å². The van der Waals surface area contributed by atoms with E-state index in [0.29, 0.717) is 5.92 Å². The molecule has 1 unspecified atom stereocenters. The minimum absolute atomic E-state index is 0.553. The van der Waals surface area contributed by atoms with Crippen LogP contribution in [0.1, 0.15) is 6.42 Å². The van der Waals surface area contributed by atoms with E-state index in [1.807, 2.05) is 16.8 Å². The Kier molecular flexibility index (Phi) is 2.10. The first-order chi connectivity index (χ1) is 7.43. The average molecular weight is 204 g/mol. The zero-order chi connectivity index (χ0) is 10.1. The van der Waals surface area contributed by atoms with Crippen LogP contribution in [0.25, 0.3) is 11.2 Å². The van der Waals surface area contributed by atoms with E-state index < -0.39 is 0 Å². The molecule has 2 aromatic heterocycles. The van der Waals surface area contributed by atoms with E-state index in [2.05, 4.69) is 15.3 Å². The predicted molar refractivity (Wildman–Crippen MR) is 54.2 cm³/mol. The Hall–Kier alpha value is -1.49. The van der Waals surface area contributed by atoms with Crippen molar-refractivity contribution in [3.63, 3.8) is 0 Å². The maximum absolute atomic E-state index is 5.34. The second-order valence-electron chi connectivity index (χ2n) is 3.85. The third kappa shape index (κ3) is 1.59. The molecule has 2 aromatic rings. The molecule has 15 heavy (non-hydrogen) atoms. The fourth-order valence-electron chi connectivity index (χ4n) is 1.90. The predicted octanol–water partition coefficient (Wildman–Crippen LogP) is 0.863. The van der Waals surface area contributed by atoms with E-state index >= 15 is 0 Å². The highest BCUT2D eigenvalue weighted by molar-refractivity contribution is 5.68. The molecule has 3 rings (SSSR count). The molecule has 1 aliphatic rings. The smallest absolute Gasteiger partial charge is 0.178 e. The lowest BCUT2D eigenvalue weighted by Gasteiger charge is -2.06. The van der Waals surface area contributed by atoms with Crippen LogP contribution in [0, 0.1) is 5.92 Å². The van der Waals surface area contributed by atoms with Crippen LogP contribution < -0.4 is 0 Å². The molecule has 0 amide bonds. The van der Waals surface area contributed by atoms with Crippen LogP contribution in [0.4, 0.5) is 0 Å². The average Bonchev–Trinajstić information content (AvgIpc) is 2.89. The number of pyridine rings is 1. The molecule has 5 nitrogen and oxygen atoms in total. The molecule has 1 saturated heterocycles. The Balaban J connectivity index is 1.90. The van der Waals surface area contributed by atoms with Crippen LogP contribution in [0.3, 0.4) is 0 Å². The molecule has 0 N–H and O–H groups in total. The monoisotopic (exact) mass is 204 g/mol. The van der Waals surface area contributed by atoms with Gasteiger partial charge in [-0.2, -0.15) is 0 Å². The standard InChI is InChI=1S/C10H12N4O/c1-2-9-10(11-4-1)14(13-12-9)6-8-3-5-15-7-8/h1-2,4,8H,3,5-7H2. The zero-order valence-corrected chi connectivity index (χ0v) is 8.33. The maximum Gasteiger partial charge on any atom is 0.178 e. The summed E-state index contributed by atoms with van der Waals surface area (Å²) in [5.41, 5.74) is 1.72. The van der Waals surface area contributed by atoms with Gasteiger partial charge in [0.2, 0.25) is 0 Å². The van der Waals surface area contributed by atoms with Crippen LogP contribution in [0.5, 0.6) is 0 Å². The summed E-state index contributed by atoms with van der Waals surface area (Å²) in [6, 6.07) is 3.80. The van der Waals surface area contributed by atoms with Gasteiger partial charge in [0.05, 0.1) is 13.2 Å². The van der Waals surface area contributed by atoms with Crippen LogP contribution >= 0.6 is 0 Å². The van der Waals surface area contributed by atoms with Crippen molar-refractivity contribution in [2.24, 2.45) is 5.92 Å².